The minimum atomic E-state index is -0.364. The Hall–Kier alpha value is -2.37. The summed E-state index contributed by atoms with van der Waals surface area (Å²) in [5.41, 5.74) is 0.994. The molecule has 1 aromatic rings. The summed E-state index contributed by atoms with van der Waals surface area (Å²) in [5.74, 6) is -0.263. The van der Waals surface area contributed by atoms with E-state index in [4.69, 9.17) is 0 Å². The van der Waals surface area contributed by atoms with Gasteiger partial charge in [-0.25, -0.2) is 0 Å². The topological polar surface area (TPSA) is 87.3 Å². The highest BCUT2D eigenvalue weighted by atomic mass is 16.2. The normalized spacial score (nSPS) is 19.1. The number of hydrogen-bond donors (Lipinski definition) is 3. The fourth-order valence-corrected chi connectivity index (χ4v) is 2.09. The summed E-state index contributed by atoms with van der Waals surface area (Å²) in [4.78, 5) is 34.7. The van der Waals surface area contributed by atoms with Crippen molar-refractivity contribution in [2.24, 2.45) is 11.8 Å². The zero-order chi connectivity index (χ0) is 15.9. The van der Waals surface area contributed by atoms with Gasteiger partial charge in [0.15, 0.2) is 0 Å². The molecule has 3 amide bonds. The number of amides is 3. The van der Waals surface area contributed by atoms with Crippen LogP contribution in [0.1, 0.15) is 18.9 Å². The van der Waals surface area contributed by atoms with Gasteiger partial charge in [-0.15, -0.1) is 0 Å². The molecule has 22 heavy (non-hydrogen) atoms. The molecule has 0 bridgehead atoms. The predicted molar refractivity (Wildman–Crippen MR) is 81.6 cm³/mol. The molecule has 0 saturated heterocycles. The molecule has 1 aromatic carbocycles. The molecular weight excluding hydrogens is 282 g/mol. The Kier molecular flexibility index (Phi) is 5.52. The minimum absolute atomic E-state index is 0.0435. The highest BCUT2D eigenvalue weighted by Gasteiger charge is 2.38. The largest absolute Gasteiger partial charge is 0.350 e. The Balaban J connectivity index is 1.57. The molecule has 1 fully saturated rings. The van der Waals surface area contributed by atoms with Gasteiger partial charge in [0.2, 0.25) is 17.7 Å². The van der Waals surface area contributed by atoms with Crippen LogP contribution in [0.5, 0.6) is 0 Å². The van der Waals surface area contributed by atoms with Crippen molar-refractivity contribution < 1.29 is 14.4 Å². The molecule has 0 radical (unpaired) electrons. The second kappa shape index (κ2) is 7.59. The lowest BCUT2D eigenvalue weighted by molar-refractivity contribution is -0.128. The van der Waals surface area contributed by atoms with Crippen LogP contribution in [0.25, 0.3) is 0 Å². The first-order valence-corrected chi connectivity index (χ1v) is 7.41. The zero-order valence-corrected chi connectivity index (χ0v) is 12.6. The van der Waals surface area contributed by atoms with E-state index in [0.29, 0.717) is 12.5 Å². The molecule has 118 valence electrons. The van der Waals surface area contributed by atoms with Gasteiger partial charge in [0, 0.05) is 12.5 Å². The van der Waals surface area contributed by atoms with Crippen molar-refractivity contribution in [2.45, 2.75) is 19.9 Å². The van der Waals surface area contributed by atoms with Crippen molar-refractivity contribution in [1.82, 2.24) is 16.0 Å². The summed E-state index contributed by atoms with van der Waals surface area (Å²) in [6.07, 6.45) is 0.884. The van der Waals surface area contributed by atoms with Crippen LogP contribution >= 0.6 is 0 Å². The van der Waals surface area contributed by atoms with Crippen molar-refractivity contribution in [1.29, 1.82) is 0 Å². The van der Waals surface area contributed by atoms with Crippen LogP contribution in [0.3, 0.4) is 0 Å². The van der Waals surface area contributed by atoms with Crippen LogP contribution in [0, 0.1) is 11.8 Å². The number of benzene rings is 1. The lowest BCUT2D eigenvalue weighted by Crippen LogP contribution is -2.42. The molecule has 0 aromatic heterocycles. The summed E-state index contributed by atoms with van der Waals surface area (Å²) >= 11 is 0. The van der Waals surface area contributed by atoms with Gasteiger partial charge in [-0.2, -0.15) is 0 Å². The Labute approximate surface area is 129 Å². The maximum atomic E-state index is 11.6. The second-order valence-electron chi connectivity index (χ2n) is 5.58. The number of nitrogens with one attached hydrogen (secondary N) is 3. The third kappa shape index (κ3) is 5.20. The van der Waals surface area contributed by atoms with Gasteiger partial charge in [-0.1, -0.05) is 37.3 Å². The molecule has 0 unspecified atom stereocenters. The highest BCUT2D eigenvalue weighted by molar-refractivity contribution is 5.89. The average molecular weight is 303 g/mol. The van der Waals surface area contributed by atoms with Crippen molar-refractivity contribution >= 4 is 17.7 Å². The van der Waals surface area contributed by atoms with Gasteiger partial charge < -0.3 is 16.0 Å². The fourth-order valence-electron chi connectivity index (χ4n) is 2.09. The molecular formula is C16H21N3O3. The maximum Gasteiger partial charge on any atom is 0.239 e. The maximum absolute atomic E-state index is 11.6. The van der Waals surface area contributed by atoms with E-state index in [-0.39, 0.29) is 36.7 Å². The van der Waals surface area contributed by atoms with E-state index in [1.165, 1.54) is 0 Å². The summed E-state index contributed by atoms with van der Waals surface area (Å²) in [5, 5.41) is 7.76. The Morgan fingerprint density at radius 3 is 2.23 bits per heavy atom. The molecule has 2 rings (SSSR count). The zero-order valence-electron chi connectivity index (χ0n) is 12.6. The lowest BCUT2D eigenvalue weighted by Gasteiger charge is -2.08. The predicted octanol–water partition coefficient (Wildman–Crippen LogP) is 0.191. The van der Waals surface area contributed by atoms with Crippen LogP contribution in [0.4, 0.5) is 0 Å². The molecule has 0 heterocycles. The number of carbonyl (C=O) groups is 3. The summed E-state index contributed by atoms with van der Waals surface area (Å²) in [6.45, 7) is 2.24. The van der Waals surface area contributed by atoms with Crippen molar-refractivity contribution in [2.75, 3.05) is 13.1 Å². The van der Waals surface area contributed by atoms with E-state index in [1.807, 2.05) is 37.3 Å². The summed E-state index contributed by atoms with van der Waals surface area (Å²) in [7, 11) is 0. The molecule has 2 atom stereocenters. The third-order valence-corrected chi connectivity index (χ3v) is 3.65. The van der Waals surface area contributed by atoms with Crippen LogP contribution < -0.4 is 16.0 Å². The van der Waals surface area contributed by atoms with Crippen molar-refractivity contribution in [3.8, 4) is 0 Å². The first-order valence-electron chi connectivity index (χ1n) is 7.41. The number of carbonyl (C=O) groups excluding carboxylic acids is 3. The van der Waals surface area contributed by atoms with E-state index in [1.54, 1.807) is 0 Å². The summed E-state index contributed by atoms with van der Waals surface area (Å²) < 4.78 is 0. The molecule has 6 heteroatoms. The first kappa shape index (κ1) is 16.0. The van der Waals surface area contributed by atoms with Crippen LogP contribution in [-0.2, 0) is 20.9 Å². The number of rotatable bonds is 7. The Bertz CT molecular complexity index is 545. The fraction of sp³-hybridized carbons (Fsp3) is 0.438. The van der Waals surface area contributed by atoms with Gasteiger partial charge in [0.05, 0.1) is 13.1 Å². The van der Waals surface area contributed by atoms with E-state index < -0.39 is 0 Å². The first-order chi connectivity index (χ1) is 10.6. The Morgan fingerprint density at radius 2 is 1.59 bits per heavy atom. The molecule has 3 N–H and O–H groups in total. The Morgan fingerprint density at radius 1 is 1.00 bits per heavy atom. The van der Waals surface area contributed by atoms with Gasteiger partial charge in [0.25, 0.3) is 0 Å². The van der Waals surface area contributed by atoms with Gasteiger partial charge in [-0.05, 0) is 17.9 Å². The van der Waals surface area contributed by atoms with E-state index in [0.717, 1.165) is 12.0 Å². The average Bonchev–Trinajstić information content (AvgIpc) is 3.26. The smallest absolute Gasteiger partial charge is 0.239 e. The summed E-state index contributed by atoms with van der Waals surface area (Å²) in [6, 6.07) is 9.52. The second-order valence-corrected chi connectivity index (χ2v) is 5.58. The van der Waals surface area contributed by atoms with Gasteiger partial charge in [0.1, 0.15) is 0 Å². The monoisotopic (exact) mass is 303 g/mol. The van der Waals surface area contributed by atoms with Crippen molar-refractivity contribution in [3.05, 3.63) is 35.9 Å². The van der Waals surface area contributed by atoms with Gasteiger partial charge in [-0.3, -0.25) is 14.4 Å². The van der Waals surface area contributed by atoms with E-state index in [9.17, 15) is 14.4 Å². The van der Waals surface area contributed by atoms with Crippen molar-refractivity contribution in [3.63, 3.8) is 0 Å². The van der Waals surface area contributed by atoms with E-state index >= 15 is 0 Å². The molecule has 0 aliphatic heterocycles. The molecule has 1 aliphatic rings. The number of hydrogen-bond acceptors (Lipinski definition) is 3. The highest BCUT2D eigenvalue weighted by Crippen LogP contribution is 2.37. The SMILES string of the molecule is C[C@H]1C[C@H]1C(=O)NCC(=O)NCC(=O)NCc1ccccc1. The lowest BCUT2D eigenvalue weighted by atomic mass is 10.2. The van der Waals surface area contributed by atoms with Crippen LogP contribution in [0.15, 0.2) is 30.3 Å². The molecule has 6 nitrogen and oxygen atoms in total. The van der Waals surface area contributed by atoms with E-state index in [2.05, 4.69) is 16.0 Å². The van der Waals surface area contributed by atoms with Crippen LogP contribution in [0.2, 0.25) is 0 Å². The minimum Gasteiger partial charge on any atom is -0.350 e. The van der Waals surface area contributed by atoms with Crippen LogP contribution in [-0.4, -0.2) is 30.8 Å². The third-order valence-electron chi connectivity index (χ3n) is 3.65. The quantitative estimate of drug-likeness (QED) is 0.672. The van der Waals surface area contributed by atoms with Gasteiger partial charge >= 0.3 is 0 Å². The molecule has 0 spiro atoms. The molecule has 1 aliphatic carbocycles. The molecule has 1 saturated carbocycles. The standard InChI is InChI=1S/C16H21N3O3/c1-11-7-13(11)16(22)19-10-15(21)18-9-14(20)17-8-12-5-3-2-4-6-12/h2-6,11,13H,7-10H2,1H3,(H,17,20)(H,18,21)(H,19,22)/t11-,13+/m0/s1.